The average molecular weight is 519 g/mol. The van der Waals surface area contributed by atoms with Gasteiger partial charge in [-0.15, -0.1) is 0 Å². The third-order valence-corrected chi connectivity index (χ3v) is 8.15. The molecule has 1 aromatic carbocycles. The van der Waals surface area contributed by atoms with Crippen LogP contribution < -0.4 is 5.32 Å². The van der Waals surface area contributed by atoms with Gasteiger partial charge < -0.3 is 20.3 Å². The minimum atomic E-state index is -0.113. The van der Waals surface area contributed by atoms with Crippen LogP contribution in [0.3, 0.4) is 0 Å². The number of aromatic hydroxyl groups is 1. The molecule has 5 rings (SSSR count). The molecule has 3 heterocycles. The molecule has 8 heteroatoms. The number of nitrogens with zero attached hydrogens (tertiary/aromatic N) is 4. The molecule has 2 fully saturated rings. The van der Waals surface area contributed by atoms with E-state index in [1.807, 2.05) is 31.5 Å². The number of hydrogen-bond donors (Lipinski definition) is 3. The quantitative estimate of drug-likeness (QED) is 0.321. The number of aromatic amines is 1. The second-order valence-electron chi connectivity index (χ2n) is 11.4. The molecule has 1 aliphatic heterocycles. The summed E-state index contributed by atoms with van der Waals surface area (Å²) in [6.45, 7) is 9.07. The number of hydrogen-bond acceptors (Lipinski definition) is 5. The zero-order chi connectivity index (χ0) is 26.6. The maximum atomic E-state index is 12.7. The topological polar surface area (TPSA) is 98.5 Å². The number of H-pyrrole nitrogens is 1. The first-order valence-electron chi connectivity index (χ1n) is 14.4. The van der Waals surface area contributed by atoms with Crippen molar-refractivity contribution in [2.75, 3.05) is 19.6 Å². The van der Waals surface area contributed by atoms with Gasteiger partial charge in [0, 0.05) is 42.1 Å². The molecule has 1 saturated carbocycles. The van der Waals surface area contributed by atoms with E-state index < -0.39 is 0 Å². The lowest BCUT2D eigenvalue weighted by molar-refractivity contribution is 0.0949. The number of carbonyl (C=O) groups is 1. The van der Waals surface area contributed by atoms with Crippen molar-refractivity contribution in [2.24, 2.45) is 10.9 Å². The summed E-state index contributed by atoms with van der Waals surface area (Å²) in [4.78, 5) is 23.3. The lowest BCUT2D eigenvalue weighted by Gasteiger charge is -2.39. The number of benzene rings is 1. The van der Waals surface area contributed by atoms with Crippen molar-refractivity contribution in [3.05, 3.63) is 41.7 Å². The predicted octanol–water partition coefficient (Wildman–Crippen LogP) is 5.96. The van der Waals surface area contributed by atoms with Crippen LogP contribution in [-0.2, 0) is 0 Å². The second kappa shape index (κ2) is 11.7. The lowest BCUT2D eigenvalue weighted by Crippen LogP contribution is -2.42. The number of nitrogens with one attached hydrogen (secondary N) is 2. The molecule has 0 radical (unpaired) electrons. The second-order valence-corrected chi connectivity index (χ2v) is 11.4. The Balaban J connectivity index is 1.33. The van der Waals surface area contributed by atoms with E-state index in [1.165, 1.54) is 32.1 Å². The van der Waals surface area contributed by atoms with Crippen LogP contribution in [0.1, 0.15) is 94.1 Å². The van der Waals surface area contributed by atoms with E-state index in [0.717, 1.165) is 54.3 Å². The van der Waals surface area contributed by atoms with Gasteiger partial charge in [0.25, 0.3) is 5.91 Å². The van der Waals surface area contributed by atoms with Crippen molar-refractivity contribution in [3.8, 4) is 5.88 Å². The van der Waals surface area contributed by atoms with Gasteiger partial charge in [-0.25, -0.2) is 4.99 Å². The van der Waals surface area contributed by atoms with Gasteiger partial charge >= 0.3 is 0 Å². The third-order valence-electron chi connectivity index (χ3n) is 8.15. The van der Waals surface area contributed by atoms with Crippen LogP contribution in [0.5, 0.6) is 5.88 Å². The van der Waals surface area contributed by atoms with Gasteiger partial charge in [0.1, 0.15) is 5.69 Å². The number of fused-ring (bicyclic) bond motifs is 1. The van der Waals surface area contributed by atoms with E-state index in [9.17, 15) is 9.90 Å². The highest BCUT2D eigenvalue weighted by Gasteiger charge is 2.27. The zero-order valence-electron chi connectivity index (χ0n) is 23.0. The van der Waals surface area contributed by atoms with Gasteiger partial charge in [-0.3, -0.25) is 9.48 Å². The Morgan fingerprint density at radius 2 is 1.92 bits per heavy atom. The molecule has 1 aliphatic carbocycles. The molecule has 0 unspecified atom stereocenters. The SMILES string of the molecule is CCC(=Nc1cnn(C2CCN(C3CCCCC3)CC2)c1)c1c(O)[nH]c2ccc(C(=O)NCC(C)C)cc12. The molecule has 0 atom stereocenters. The van der Waals surface area contributed by atoms with E-state index in [2.05, 4.69) is 38.8 Å². The Kier molecular flexibility index (Phi) is 8.17. The zero-order valence-corrected chi connectivity index (χ0v) is 23.0. The summed E-state index contributed by atoms with van der Waals surface area (Å²) in [6, 6.07) is 6.64. The summed E-state index contributed by atoms with van der Waals surface area (Å²) < 4.78 is 2.08. The number of piperidine rings is 1. The number of aliphatic imine (C=N–C) groups is 1. The van der Waals surface area contributed by atoms with E-state index in [-0.39, 0.29) is 11.8 Å². The Labute approximate surface area is 225 Å². The van der Waals surface area contributed by atoms with Crippen molar-refractivity contribution in [3.63, 3.8) is 0 Å². The molecular weight excluding hydrogens is 476 g/mol. The van der Waals surface area contributed by atoms with Crippen molar-refractivity contribution in [2.45, 2.75) is 84.2 Å². The number of rotatable bonds is 8. The average Bonchev–Trinajstić information content (AvgIpc) is 3.54. The number of aromatic nitrogens is 3. The van der Waals surface area contributed by atoms with Crippen molar-refractivity contribution >= 4 is 28.2 Å². The Bertz CT molecular complexity index is 1280. The maximum Gasteiger partial charge on any atom is 0.251 e. The summed E-state index contributed by atoms with van der Waals surface area (Å²) in [6.07, 6.45) is 13.6. The molecule has 2 aromatic heterocycles. The van der Waals surface area contributed by atoms with E-state index in [4.69, 9.17) is 4.99 Å². The molecule has 8 nitrogen and oxygen atoms in total. The lowest BCUT2D eigenvalue weighted by atomic mass is 9.92. The van der Waals surface area contributed by atoms with Crippen LogP contribution in [0.4, 0.5) is 5.69 Å². The van der Waals surface area contributed by atoms with Crippen LogP contribution in [0.2, 0.25) is 0 Å². The van der Waals surface area contributed by atoms with Crippen LogP contribution in [0.25, 0.3) is 10.9 Å². The fourth-order valence-corrected chi connectivity index (χ4v) is 6.02. The molecule has 0 spiro atoms. The standard InChI is InChI=1S/C30H42N6O2/c1-4-26(28-25-16-21(29(37)31-17-20(2)3)10-11-27(25)34-30(28)38)33-22-18-32-36(19-22)24-12-14-35(15-13-24)23-8-6-5-7-9-23/h10-11,16,18-20,23-24,34,38H,4-9,12-15,17H2,1-3H3,(H,31,37). The van der Waals surface area contributed by atoms with E-state index >= 15 is 0 Å². The summed E-state index contributed by atoms with van der Waals surface area (Å²) in [5.74, 6) is 0.333. The molecule has 38 heavy (non-hydrogen) atoms. The Morgan fingerprint density at radius 3 is 2.63 bits per heavy atom. The highest BCUT2D eigenvalue weighted by atomic mass is 16.3. The normalized spacial score (nSPS) is 18.5. The summed E-state index contributed by atoms with van der Waals surface area (Å²) in [5, 5.41) is 19.2. The van der Waals surface area contributed by atoms with Gasteiger partial charge in [0.15, 0.2) is 5.88 Å². The fourth-order valence-electron chi connectivity index (χ4n) is 6.02. The summed E-state index contributed by atoms with van der Waals surface area (Å²) in [7, 11) is 0. The Hall–Kier alpha value is -3.13. The summed E-state index contributed by atoms with van der Waals surface area (Å²) >= 11 is 0. The predicted molar refractivity (Wildman–Crippen MR) is 153 cm³/mol. The Morgan fingerprint density at radius 1 is 1.16 bits per heavy atom. The third kappa shape index (κ3) is 5.80. The number of likely N-dealkylation sites (tertiary alicyclic amines) is 1. The molecular formula is C30H42N6O2. The first-order valence-corrected chi connectivity index (χ1v) is 14.4. The van der Waals surface area contributed by atoms with Gasteiger partial charge in [0.2, 0.25) is 0 Å². The monoisotopic (exact) mass is 518 g/mol. The van der Waals surface area contributed by atoms with Gasteiger partial charge in [-0.2, -0.15) is 5.10 Å². The van der Waals surface area contributed by atoms with Crippen LogP contribution in [0, 0.1) is 5.92 Å². The molecule has 204 valence electrons. The fraction of sp³-hybridized carbons (Fsp3) is 0.567. The van der Waals surface area contributed by atoms with Crippen molar-refractivity contribution in [1.29, 1.82) is 0 Å². The van der Waals surface area contributed by atoms with Crippen LogP contribution >= 0.6 is 0 Å². The highest BCUT2D eigenvalue weighted by molar-refractivity contribution is 6.14. The van der Waals surface area contributed by atoms with Crippen LogP contribution in [0.15, 0.2) is 35.6 Å². The molecule has 1 amide bonds. The van der Waals surface area contributed by atoms with E-state index in [0.29, 0.717) is 36.1 Å². The van der Waals surface area contributed by atoms with Crippen molar-refractivity contribution < 1.29 is 9.90 Å². The molecule has 3 N–H and O–H groups in total. The summed E-state index contributed by atoms with van der Waals surface area (Å²) in [5.41, 5.74) is 3.55. The van der Waals surface area contributed by atoms with Gasteiger partial charge in [0.05, 0.1) is 29.7 Å². The number of carbonyl (C=O) groups excluding carboxylic acids is 1. The number of amides is 1. The van der Waals surface area contributed by atoms with Crippen molar-refractivity contribution in [1.82, 2.24) is 25.0 Å². The molecule has 3 aromatic rings. The minimum Gasteiger partial charge on any atom is -0.494 e. The van der Waals surface area contributed by atoms with Gasteiger partial charge in [-0.05, 0) is 56.2 Å². The smallest absolute Gasteiger partial charge is 0.251 e. The van der Waals surface area contributed by atoms with E-state index in [1.54, 1.807) is 6.07 Å². The van der Waals surface area contributed by atoms with Crippen LogP contribution in [-0.4, -0.2) is 62.1 Å². The van der Waals surface area contributed by atoms with Gasteiger partial charge in [-0.1, -0.05) is 40.0 Å². The minimum absolute atomic E-state index is 0.0721. The molecule has 0 bridgehead atoms. The molecule has 1 saturated heterocycles. The first-order chi connectivity index (χ1) is 18.4. The highest BCUT2D eigenvalue weighted by Crippen LogP contribution is 2.32. The largest absolute Gasteiger partial charge is 0.494 e. The maximum absolute atomic E-state index is 12.7. The first kappa shape index (κ1) is 26.5. The molecule has 2 aliphatic rings.